The van der Waals surface area contributed by atoms with Crippen molar-refractivity contribution in [3.63, 3.8) is 0 Å². The highest BCUT2D eigenvalue weighted by Crippen LogP contribution is 2.22. The van der Waals surface area contributed by atoms with Crippen molar-refractivity contribution in [2.45, 2.75) is 6.42 Å². The van der Waals surface area contributed by atoms with Crippen molar-refractivity contribution in [1.29, 1.82) is 0 Å². The second-order valence-electron chi connectivity index (χ2n) is 4.38. The van der Waals surface area contributed by atoms with Crippen LogP contribution in [0, 0.1) is 10.1 Å². The van der Waals surface area contributed by atoms with Gasteiger partial charge in [-0.25, -0.2) is 4.98 Å². The smallest absolute Gasteiger partial charge is 0.270 e. The molecule has 0 fully saturated rings. The first-order chi connectivity index (χ1) is 9.99. The Kier molecular flexibility index (Phi) is 4.69. The van der Waals surface area contributed by atoms with Crippen molar-refractivity contribution in [2.75, 3.05) is 6.54 Å². The molecule has 0 atom stereocenters. The normalized spacial score (nSPS) is 10.4. The minimum Gasteiger partial charge on any atom is -0.352 e. The van der Waals surface area contributed by atoms with Gasteiger partial charge in [-0.3, -0.25) is 14.9 Å². The summed E-state index contributed by atoms with van der Waals surface area (Å²) in [6.45, 7) is 0.402. The number of amides is 1. The second-order valence-corrected chi connectivity index (χ2v) is 5.24. The minimum atomic E-state index is -0.531. The maximum atomic E-state index is 12.1. The average molecular weight is 353 g/mol. The van der Waals surface area contributed by atoms with Crippen molar-refractivity contribution in [1.82, 2.24) is 14.9 Å². The van der Waals surface area contributed by atoms with Crippen LogP contribution in [0.4, 0.5) is 5.69 Å². The van der Waals surface area contributed by atoms with E-state index in [1.54, 1.807) is 6.20 Å². The van der Waals surface area contributed by atoms with E-state index in [0.29, 0.717) is 17.4 Å². The van der Waals surface area contributed by atoms with Crippen LogP contribution in [0.3, 0.4) is 0 Å². The van der Waals surface area contributed by atoms with Crippen molar-refractivity contribution in [3.8, 4) is 0 Å². The summed E-state index contributed by atoms with van der Waals surface area (Å²) in [6, 6.07) is 4.08. The summed E-state index contributed by atoms with van der Waals surface area (Å²) in [7, 11) is 1.88. The number of aryl methyl sites for hydroxylation is 1. The third-order valence-corrected chi connectivity index (χ3v) is 3.65. The van der Waals surface area contributed by atoms with Crippen LogP contribution in [0.15, 0.2) is 35.1 Å². The summed E-state index contributed by atoms with van der Waals surface area (Å²) in [4.78, 5) is 26.4. The number of non-ortho nitro benzene ring substituents is 1. The predicted molar refractivity (Wildman–Crippen MR) is 80.0 cm³/mol. The lowest BCUT2D eigenvalue weighted by Gasteiger charge is -2.07. The zero-order valence-corrected chi connectivity index (χ0v) is 12.8. The van der Waals surface area contributed by atoms with Crippen LogP contribution in [0.1, 0.15) is 16.2 Å². The summed E-state index contributed by atoms with van der Waals surface area (Å²) in [5.74, 6) is 0.494. The van der Waals surface area contributed by atoms with Crippen LogP contribution in [0.5, 0.6) is 0 Å². The SMILES string of the molecule is Cn1ccnc1CCNC(=O)c1cc([N+](=O)[O-])ccc1Br. The number of carbonyl (C=O) groups is 1. The number of nitrogens with zero attached hydrogens (tertiary/aromatic N) is 3. The van der Waals surface area contributed by atoms with Crippen LogP contribution < -0.4 is 5.32 Å². The van der Waals surface area contributed by atoms with Crippen LogP contribution in [-0.4, -0.2) is 26.9 Å². The molecular formula is C13H13BrN4O3. The quantitative estimate of drug-likeness (QED) is 0.658. The summed E-state index contributed by atoms with van der Waals surface area (Å²) >= 11 is 3.22. The second kappa shape index (κ2) is 6.49. The van der Waals surface area contributed by atoms with E-state index < -0.39 is 4.92 Å². The number of carbonyl (C=O) groups excluding carboxylic acids is 1. The summed E-state index contributed by atoms with van der Waals surface area (Å²) < 4.78 is 2.39. The molecule has 2 aromatic rings. The van der Waals surface area contributed by atoms with Gasteiger partial charge in [-0.2, -0.15) is 0 Å². The fourth-order valence-electron chi connectivity index (χ4n) is 1.82. The van der Waals surface area contributed by atoms with Gasteiger partial charge in [0, 0.05) is 49.0 Å². The number of nitrogens with one attached hydrogen (secondary N) is 1. The molecule has 0 aliphatic rings. The highest BCUT2D eigenvalue weighted by molar-refractivity contribution is 9.10. The third-order valence-electron chi connectivity index (χ3n) is 2.96. The van der Waals surface area contributed by atoms with E-state index in [2.05, 4.69) is 26.2 Å². The Morgan fingerprint density at radius 3 is 2.90 bits per heavy atom. The van der Waals surface area contributed by atoms with Gasteiger partial charge >= 0.3 is 0 Å². The van der Waals surface area contributed by atoms with Crippen LogP contribution in [-0.2, 0) is 13.5 Å². The molecule has 0 aliphatic carbocycles. The average Bonchev–Trinajstić information content (AvgIpc) is 2.84. The van der Waals surface area contributed by atoms with Gasteiger partial charge in [-0.1, -0.05) is 0 Å². The number of hydrogen-bond acceptors (Lipinski definition) is 4. The van der Waals surface area contributed by atoms with E-state index in [1.165, 1.54) is 18.2 Å². The Hall–Kier alpha value is -2.22. The van der Waals surface area contributed by atoms with Crippen LogP contribution in [0.25, 0.3) is 0 Å². The van der Waals surface area contributed by atoms with Gasteiger partial charge in [-0.15, -0.1) is 0 Å². The lowest BCUT2D eigenvalue weighted by Crippen LogP contribution is -2.26. The standard InChI is InChI=1S/C13H13BrN4O3/c1-17-7-6-15-12(17)4-5-16-13(19)10-8-9(18(20)21)2-3-11(10)14/h2-3,6-8H,4-5H2,1H3,(H,16,19). The number of halogens is 1. The van der Waals surface area contributed by atoms with E-state index in [1.807, 2.05) is 17.8 Å². The molecule has 0 aliphatic heterocycles. The number of nitro groups is 1. The van der Waals surface area contributed by atoms with Crippen LogP contribution >= 0.6 is 15.9 Å². The zero-order chi connectivity index (χ0) is 15.4. The topological polar surface area (TPSA) is 90.1 Å². The first-order valence-electron chi connectivity index (χ1n) is 6.17. The van der Waals surface area contributed by atoms with E-state index in [9.17, 15) is 14.9 Å². The Morgan fingerprint density at radius 2 is 2.29 bits per heavy atom. The number of imidazole rings is 1. The fourth-order valence-corrected chi connectivity index (χ4v) is 2.25. The zero-order valence-electron chi connectivity index (χ0n) is 11.2. The number of benzene rings is 1. The number of hydrogen-bond donors (Lipinski definition) is 1. The van der Waals surface area contributed by atoms with E-state index >= 15 is 0 Å². The molecule has 1 heterocycles. The van der Waals surface area contributed by atoms with Crippen molar-refractivity contribution in [2.24, 2.45) is 7.05 Å². The molecule has 1 N–H and O–H groups in total. The molecule has 21 heavy (non-hydrogen) atoms. The van der Waals surface area contributed by atoms with Gasteiger partial charge in [-0.05, 0) is 22.0 Å². The van der Waals surface area contributed by atoms with Gasteiger partial charge in [0.1, 0.15) is 5.82 Å². The van der Waals surface area contributed by atoms with Gasteiger partial charge in [0.05, 0.1) is 10.5 Å². The molecule has 0 saturated heterocycles. The molecule has 0 bridgehead atoms. The maximum absolute atomic E-state index is 12.1. The van der Waals surface area contributed by atoms with Crippen molar-refractivity contribution < 1.29 is 9.72 Å². The van der Waals surface area contributed by atoms with E-state index in [4.69, 9.17) is 0 Å². The molecule has 2 rings (SSSR count). The number of nitro benzene ring substituents is 1. The molecule has 7 nitrogen and oxygen atoms in total. The van der Waals surface area contributed by atoms with Gasteiger partial charge in [0.15, 0.2) is 0 Å². The summed E-state index contributed by atoms with van der Waals surface area (Å²) in [6.07, 6.45) is 4.10. The number of rotatable bonds is 5. The Morgan fingerprint density at radius 1 is 1.52 bits per heavy atom. The van der Waals surface area contributed by atoms with Crippen molar-refractivity contribution in [3.05, 3.63) is 56.6 Å². The Balaban J connectivity index is 2.01. The first kappa shape index (κ1) is 15.2. The predicted octanol–water partition coefficient (Wildman–Crippen LogP) is 2.06. The summed E-state index contributed by atoms with van der Waals surface area (Å²) in [5.41, 5.74) is 0.122. The molecule has 0 saturated carbocycles. The number of aromatic nitrogens is 2. The summed E-state index contributed by atoms with van der Waals surface area (Å²) in [5, 5.41) is 13.5. The molecule has 1 aromatic heterocycles. The maximum Gasteiger partial charge on any atom is 0.270 e. The first-order valence-corrected chi connectivity index (χ1v) is 6.96. The molecule has 0 radical (unpaired) electrons. The molecule has 1 amide bonds. The molecule has 0 unspecified atom stereocenters. The molecular weight excluding hydrogens is 340 g/mol. The Labute approximate surface area is 129 Å². The molecule has 0 spiro atoms. The highest BCUT2D eigenvalue weighted by atomic mass is 79.9. The van der Waals surface area contributed by atoms with Gasteiger partial charge in [0.2, 0.25) is 0 Å². The van der Waals surface area contributed by atoms with Gasteiger partial charge in [0.25, 0.3) is 11.6 Å². The molecule has 8 heteroatoms. The highest BCUT2D eigenvalue weighted by Gasteiger charge is 2.15. The van der Waals surface area contributed by atoms with Gasteiger partial charge < -0.3 is 9.88 Å². The fraction of sp³-hybridized carbons (Fsp3) is 0.231. The minimum absolute atomic E-state index is 0.118. The molecule has 110 valence electrons. The van der Waals surface area contributed by atoms with Crippen LogP contribution in [0.2, 0.25) is 0 Å². The lowest BCUT2D eigenvalue weighted by atomic mass is 10.2. The lowest BCUT2D eigenvalue weighted by molar-refractivity contribution is -0.384. The largest absolute Gasteiger partial charge is 0.352 e. The molecule has 1 aromatic carbocycles. The monoisotopic (exact) mass is 352 g/mol. The van der Waals surface area contributed by atoms with E-state index in [-0.39, 0.29) is 17.2 Å². The third kappa shape index (κ3) is 3.66. The Bertz CT molecular complexity index is 684. The van der Waals surface area contributed by atoms with Crippen molar-refractivity contribution >= 4 is 27.5 Å². The van der Waals surface area contributed by atoms with E-state index in [0.717, 1.165) is 5.82 Å².